The molecule has 1 atom stereocenters. The third-order valence-corrected chi connectivity index (χ3v) is 5.04. The van der Waals surface area contributed by atoms with E-state index in [-0.39, 0.29) is 18.4 Å². The Kier molecular flexibility index (Phi) is 6.07. The van der Waals surface area contributed by atoms with Crippen LogP contribution in [0.15, 0.2) is 24.4 Å². The van der Waals surface area contributed by atoms with Crippen molar-refractivity contribution in [2.45, 2.75) is 44.8 Å². The van der Waals surface area contributed by atoms with Gasteiger partial charge in [-0.1, -0.05) is 0 Å². The number of anilines is 1. The van der Waals surface area contributed by atoms with E-state index >= 15 is 0 Å². The van der Waals surface area contributed by atoms with E-state index in [4.69, 9.17) is 9.47 Å². The number of benzene rings is 1. The maximum absolute atomic E-state index is 13.1. The smallest absolute Gasteiger partial charge is 0.390 e. The molecule has 0 amide bonds. The molecule has 7 nitrogen and oxygen atoms in total. The number of aromatic nitrogens is 3. The van der Waals surface area contributed by atoms with Gasteiger partial charge < -0.3 is 19.9 Å². The molecule has 3 aromatic rings. The Morgan fingerprint density at radius 1 is 1.30 bits per heavy atom. The molecule has 0 spiro atoms. The average molecular weight is 424 g/mol. The first-order valence-electron chi connectivity index (χ1n) is 9.92. The summed E-state index contributed by atoms with van der Waals surface area (Å²) >= 11 is 0. The highest BCUT2D eigenvalue weighted by atomic mass is 19.4. The van der Waals surface area contributed by atoms with E-state index in [1.165, 1.54) is 12.3 Å². The number of alkyl halides is 3. The topological polar surface area (TPSA) is 80.9 Å². The molecule has 0 radical (unpaired) electrons. The Bertz CT molecular complexity index is 1020. The van der Waals surface area contributed by atoms with Crippen molar-refractivity contribution >= 4 is 22.5 Å². The van der Waals surface area contributed by atoms with Gasteiger partial charge in [0.15, 0.2) is 17.8 Å². The van der Waals surface area contributed by atoms with Crippen molar-refractivity contribution in [3.63, 3.8) is 0 Å². The van der Waals surface area contributed by atoms with Crippen molar-refractivity contribution in [3.05, 3.63) is 35.7 Å². The molecule has 10 heteroatoms. The fourth-order valence-electron chi connectivity index (χ4n) is 3.54. The fraction of sp³-hybridized carbons (Fsp3) is 0.500. The maximum Gasteiger partial charge on any atom is 0.416 e. The Hall–Kier alpha value is -2.43. The second-order valence-electron chi connectivity index (χ2n) is 7.18. The van der Waals surface area contributed by atoms with Crippen LogP contribution in [0.1, 0.15) is 36.9 Å². The van der Waals surface area contributed by atoms with Crippen LogP contribution in [-0.4, -0.2) is 45.5 Å². The van der Waals surface area contributed by atoms with Crippen molar-refractivity contribution in [2.24, 2.45) is 0 Å². The van der Waals surface area contributed by atoms with Crippen LogP contribution >= 0.6 is 0 Å². The minimum absolute atomic E-state index is 0.163. The molecular formula is C20H23F3N4O3. The standard InChI is InChI=1S/C20H23F3N4O3/c21-20(22,23)13-5-6-16-15(10-13)26-18(19-25-11-14(12-28)27(16)19)24-7-3-9-30-17-4-1-2-8-29-17/h5-6,10-11,17,28H,1-4,7-9,12H2,(H,24,26). The maximum atomic E-state index is 13.1. The highest BCUT2D eigenvalue weighted by molar-refractivity contribution is 5.84. The van der Waals surface area contributed by atoms with Gasteiger partial charge in [-0.15, -0.1) is 0 Å². The van der Waals surface area contributed by atoms with Gasteiger partial charge in [0.05, 0.1) is 41.7 Å². The quantitative estimate of drug-likeness (QED) is 0.563. The SMILES string of the molecule is OCc1cnc2c(NCCCOC3CCCCO3)nc3cc(C(F)(F)F)ccc3n12. The number of nitrogens with one attached hydrogen (secondary N) is 1. The molecule has 2 N–H and O–H groups in total. The van der Waals surface area contributed by atoms with Crippen molar-refractivity contribution in [1.29, 1.82) is 0 Å². The van der Waals surface area contributed by atoms with E-state index in [9.17, 15) is 18.3 Å². The molecule has 1 aliphatic rings. The summed E-state index contributed by atoms with van der Waals surface area (Å²) in [6.07, 6.45) is 0.566. The molecule has 30 heavy (non-hydrogen) atoms. The van der Waals surface area contributed by atoms with Crippen molar-refractivity contribution in [3.8, 4) is 0 Å². The number of hydrogen-bond donors (Lipinski definition) is 2. The summed E-state index contributed by atoms with van der Waals surface area (Å²) in [5.41, 5.74) is 0.752. The predicted molar refractivity (Wildman–Crippen MR) is 104 cm³/mol. The second kappa shape index (κ2) is 8.75. The normalized spacial score (nSPS) is 17.7. The van der Waals surface area contributed by atoms with Gasteiger partial charge >= 0.3 is 6.18 Å². The van der Waals surface area contributed by atoms with Crippen molar-refractivity contribution in [2.75, 3.05) is 25.1 Å². The molecule has 1 unspecified atom stereocenters. The number of halogens is 3. The minimum atomic E-state index is -4.47. The number of imidazole rings is 1. The Morgan fingerprint density at radius 2 is 2.17 bits per heavy atom. The summed E-state index contributed by atoms with van der Waals surface area (Å²) in [7, 11) is 0. The van der Waals surface area contributed by atoms with Crippen LogP contribution in [0.2, 0.25) is 0 Å². The Labute approximate surface area is 170 Å². The van der Waals surface area contributed by atoms with E-state index in [2.05, 4.69) is 15.3 Å². The molecule has 0 bridgehead atoms. The molecule has 1 saturated heterocycles. The largest absolute Gasteiger partial charge is 0.416 e. The number of rotatable bonds is 7. The van der Waals surface area contributed by atoms with Gasteiger partial charge in [0.1, 0.15) is 0 Å². The molecular weight excluding hydrogens is 401 g/mol. The van der Waals surface area contributed by atoms with Gasteiger partial charge in [-0.3, -0.25) is 4.40 Å². The molecule has 162 valence electrons. The van der Waals surface area contributed by atoms with Gasteiger partial charge in [-0.2, -0.15) is 13.2 Å². The zero-order valence-corrected chi connectivity index (χ0v) is 16.3. The summed E-state index contributed by atoms with van der Waals surface area (Å²) in [4.78, 5) is 8.66. The lowest BCUT2D eigenvalue weighted by molar-refractivity contribution is -0.162. The number of nitrogens with zero attached hydrogens (tertiary/aromatic N) is 3. The first kappa shape index (κ1) is 20.8. The number of fused-ring (bicyclic) bond motifs is 3. The molecule has 1 aliphatic heterocycles. The van der Waals surface area contributed by atoms with E-state index in [1.807, 2.05) is 0 Å². The zero-order chi connectivity index (χ0) is 21.1. The minimum Gasteiger partial charge on any atom is -0.390 e. The van der Waals surface area contributed by atoms with Gasteiger partial charge in [-0.25, -0.2) is 9.97 Å². The molecule has 0 aliphatic carbocycles. The summed E-state index contributed by atoms with van der Waals surface area (Å²) in [6, 6.07) is 3.35. The van der Waals surface area contributed by atoms with E-state index < -0.39 is 11.7 Å². The first-order chi connectivity index (χ1) is 14.5. The fourth-order valence-corrected chi connectivity index (χ4v) is 3.54. The van der Waals surface area contributed by atoms with Crippen LogP contribution in [0.4, 0.5) is 19.0 Å². The third kappa shape index (κ3) is 4.35. The van der Waals surface area contributed by atoms with Gasteiger partial charge in [-0.05, 0) is 43.9 Å². The monoisotopic (exact) mass is 424 g/mol. The molecule has 4 rings (SSSR count). The molecule has 1 fully saturated rings. The van der Waals surface area contributed by atoms with E-state index in [0.717, 1.165) is 38.0 Å². The Morgan fingerprint density at radius 3 is 2.90 bits per heavy atom. The lowest BCUT2D eigenvalue weighted by Gasteiger charge is -2.22. The average Bonchev–Trinajstić information content (AvgIpc) is 3.18. The van der Waals surface area contributed by atoms with E-state index in [0.29, 0.717) is 42.2 Å². The van der Waals surface area contributed by atoms with Crippen LogP contribution in [-0.2, 0) is 22.3 Å². The highest BCUT2D eigenvalue weighted by Gasteiger charge is 2.31. The van der Waals surface area contributed by atoms with Crippen LogP contribution in [0.5, 0.6) is 0 Å². The summed E-state index contributed by atoms with van der Waals surface area (Å²) in [5, 5.41) is 12.8. The lowest BCUT2D eigenvalue weighted by Crippen LogP contribution is -2.23. The van der Waals surface area contributed by atoms with Crippen molar-refractivity contribution < 1.29 is 27.8 Å². The van der Waals surface area contributed by atoms with E-state index in [1.54, 1.807) is 4.40 Å². The number of ether oxygens (including phenoxy) is 2. The van der Waals surface area contributed by atoms with Gasteiger partial charge in [0, 0.05) is 13.2 Å². The summed E-state index contributed by atoms with van der Waals surface area (Å²) < 4.78 is 52.2. The molecule has 1 aromatic carbocycles. The Balaban J connectivity index is 1.54. The molecule has 3 heterocycles. The van der Waals surface area contributed by atoms with Crippen molar-refractivity contribution in [1.82, 2.24) is 14.4 Å². The second-order valence-corrected chi connectivity index (χ2v) is 7.18. The summed E-state index contributed by atoms with van der Waals surface area (Å²) in [5.74, 6) is 0.357. The summed E-state index contributed by atoms with van der Waals surface area (Å²) in [6.45, 7) is 1.42. The highest BCUT2D eigenvalue weighted by Crippen LogP contribution is 2.32. The zero-order valence-electron chi connectivity index (χ0n) is 16.3. The van der Waals surface area contributed by atoms with Crippen LogP contribution in [0.25, 0.3) is 16.7 Å². The first-order valence-corrected chi connectivity index (χ1v) is 9.92. The number of hydrogen-bond acceptors (Lipinski definition) is 6. The van der Waals surface area contributed by atoms with Gasteiger partial charge in [0.2, 0.25) is 0 Å². The number of aliphatic hydroxyl groups excluding tert-OH is 1. The third-order valence-electron chi connectivity index (χ3n) is 5.04. The van der Waals surface area contributed by atoms with Crippen LogP contribution in [0, 0.1) is 0 Å². The molecule has 0 saturated carbocycles. The van der Waals surface area contributed by atoms with Crippen LogP contribution < -0.4 is 5.32 Å². The predicted octanol–water partition coefficient (Wildman–Crippen LogP) is 3.74. The van der Waals surface area contributed by atoms with Gasteiger partial charge in [0.25, 0.3) is 0 Å². The number of aliphatic hydroxyl groups is 1. The molecule has 2 aromatic heterocycles. The van der Waals surface area contributed by atoms with Crippen LogP contribution in [0.3, 0.4) is 0 Å². The lowest BCUT2D eigenvalue weighted by atomic mass is 10.2.